The summed E-state index contributed by atoms with van der Waals surface area (Å²) in [7, 11) is 2.22. The van der Waals surface area contributed by atoms with Gasteiger partial charge in [0, 0.05) is 38.5 Å². The standard InChI is InChI=1S/C19H28N4O2.C2HF3O2/c1-22-13-19(10-16(22)12-25-11-15-2-3-15)5-8-23(9-6-19)18(24)17-4-7-20-14-21-17;3-2(4,5)1(6)7/h4,7,14-16H,2-3,5-6,8-13H2,1H3;(H,6,7). The molecule has 8 nitrogen and oxygen atoms in total. The van der Waals surface area contributed by atoms with Gasteiger partial charge in [-0.2, -0.15) is 13.2 Å². The summed E-state index contributed by atoms with van der Waals surface area (Å²) in [6.45, 7) is 4.58. The normalized spacial score (nSPS) is 23.0. The van der Waals surface area contributed by atoms with Crippen LogP contribution in [0.25, 0.3) is 0 Å². The van der Waals surface area contributed by atoms with Crippen molar-refractivity contribution >= 4 is 11.9 Å². The molecule has 1 aromatic rings. The van der Waals surface area contributed by atoms with E-state index in [0.717, 1.165) is 51.6 Å². The number of aromatic nitrogens is 2. The average molecular weight is 458 g/mol. The molecule has 2 saturated heterocycles. The molecule has 0 bridgehead atoms. The number of carbonyl (C=O) groups is 2. The zero-order valence-electron chi connectivity index (χ0n) is 18.1. The number of piperidine rings is 1. The van der Waals surface area contributed by atoms with E-state index < -0.39 is 12.1 Å². The lowest BCUT2D eigenvalue weighted by atomic mass is 9.76. The van der Waals surface area contributed by atoms with Crippen LogP contribution in [0.15, 0.2) is 18.6 Å². The molecular weight excluding hydrogens is 429 g/mol. The molecule has 4 rings (SSSR count). The number of nitrogens with zero attached hydrogens (tertiary/aromatic N) is 4. The maximum Gasteiger partial charge on any atom is 0.490 e. The number of carbonyl (C=O) groups excluding carboxylic acids is 1. The smallest absolute Gasteiger partial charge is 0.475 e. The Balaban J connectivity index is 0.000000360. The van der Waals surface area contributed by atoms with E-state index in [1.54, 1.807) is 12.3 Å². The number of carboxylic acids is 1. The van der Waals surface area contributed by atoms with Crippen molar-refractivity contribution in [2.45, 2.75) is 44.3 Å². The first-order valence-electron chi connectivity index (χ1n) is 10.7. The van der Waals surface area contributed by atoms with Crippen molar-refractivity contribution in [3.05, 3.63) is 24.3 Å². The third-order valence-electron chi connectivity index (χ3n) is 6.39. The van der Waals surface area contributed by atoms with Gasteiger partial charge in [0.05, 0.1) is 6.61 Å². The molecule has 178 valence electrons. The number of rotatable bonds is 5. The number of ether oxygens (including phenoxy) is 1. The highest BCUT2D eigenvalue weighted by Gasteiger charge is 2.45. The Morgan fingerprint density at radius 1 is 1.25 bits per heavy atom. The largest absolute Gasteiger partial charge is 0.490 e. The molecule has 0 radical (unpaired) electrons. The molecule has 11 heteroatoms. The number of hydrogen-bond donors (Lipinski definition) is 1. The highest BCUT2D eigenvalue weighted by Crippen LogP contribution is 2.43. The number of carboxylic acid groups (broad SMARTS) is 1. The SMILES string of the molecule is CN1CC2(CCN(C(=O)c3ccncn3)CC2)CC1COCC1CC1.O=C(O)C(F)(F)F. The van der Waals surface area contributed by atoms with Gasteiger partial charge in [-0.25, -0.2) is 14.8 Å². The lowest BCUT2D eigenvalue weighted by Gasteiger charge is -2.39. The Kier molecular flexibility index (Phi) is 7.71. The monoisotopic (exact) mass is 458 g/mol. The third kappa shape index (κ3) is 6.61. The molecule has 3 fully saturated rings. The van der Waals surface area contributed by atoms with Crippen LogP contribution in [0.2, 0.25) is 0 Å². The van der Waals surface area contributed by atoms with Gasteiger partial charge in [0.25, 0.3) is 5.91 Å². The highest BCUT2D eigenvalue weighted by atomic mass is 19.4. The molecule has 32 heavy (non-hydrogen) atoms. The number of alkyl halides is 3. The molecule has 1 aliphatic carbocycles. The van der Waals surface area contributed by atoms with Crippen LogP contribution in [0.4, 0.5) is 13.2 Å². The van der Waals surface area contributed by atoms with Crippen molar-refractivity contribution in [3.63, 3.8) is 0 Å². The summed E-state index contributed by atoms with van der Waals surface area (Å²) in [6, 6.07) is 2.23. The van der Waals surface area contributed by atoms with E-state index >= 15 is 0 Å². The van der Waals surface area contributed by atoms with Crippen LogP contribution < -0.4 is 0 Å². The molecule has 0 aromatic carbocycles. The van der Waals surface area contributed by atoms with Crippen LogP contribution in [0, 0.1) is 11.3 Å². The van der Waals surface area contributed by atoms with Crippen molar-refractivity contribution in [2.24, 2.45) is 11.3 Å². The molecule has 1 saturated carbocycles. The minimum absolute atomic E-state index is 0.0351. The minimum atomic E-state index is -5.08. The second-order valence-corrected chi connectivity index (χ2v) is 8.94. The number of hydrogen-bond acceptors (Lipinski definition) is 6. The number of likely N-dealkylation sites (tertiary alicyclic amines) is 2. The van der Waals surface area contributed by atoms with Crippen molar-refractivity contribution in [2.75, 3.05) is 39.9 Å². The van der Waals surface area contributed by atoms with E-state index in [-0.39, 0.29) is 5.91 Å². The molecule has 1 N–H and O–H groups in total. The number of aliphatic carboxylic acids is 1. The zero-order chi connectivity index (χ0) is 23.4. The van der Waals surface area contributed by atoms with Gasteiger partial charge in [0.1, 0.15) is 12.0 Å². The number of likely N-dealkylation sites (N-methyl/N-ethyl adjacent to an activating group) is 1. The maximum absolute atomic E-state index is 12.5. The summed E-state index contributed by atoms with van der Waals surface area (Å²) in [5, 5.41) is 7.12. The van der Waals surface area contributed by atoms with Crippen molar-refractivity contribution in [1.82, 2.24) is 19.8 Å². The van der Waals surface area contributed by atoms with E-state index in [2.05, 4.69) is 21.9 Å². The van der Waals surface area contributed by atoms with Crippen LogP contribution >= 0.6 is 0 Å². The Labute approximate surface area is 184 Å². The molecule has 2 aliphatic heterocycles. The molecule has 1 atom stereocenters. The average Bonchev–Trinajstić information content (AvgIpc) is 3.53. The second kappa shape index (κ2) is 10.1. The first kappa shape index (κ1) is 24.4. The summed E-state index contributed by atoms with van der Waals surface area (Å²) in [5.41, 5.74) is 0.853. The third-order valence-corrected chi connectivity index (χ3v) is 6.39. The summed E-state index contributed by atoms with van der Waals surface area (Å²) < 4.78 is 37.7. The van der Waals surface area contributed by atoms with Crippen molar-refractivity contribution in [3.8, 4) is 0 Å². The summed E-state index contributed by atoms with van der Waals surface area (Å²) in [4.78, 5) is 33.8. The van der Waals surface area contributed by atoms with Gasteiger partial charge in [-0.3, -0.25) is 4.79 Å². The Hall–Kier alpha value is -2.27. The predicted octanol–water partition coefficient (Wildman–Crippen LogP) is 2.46. The number of amides is 1. The van der Waals surface area contributed by atoms with E-state index in [1.807, 2.05) is 4.90 Å². The van der Waals surface area contributed by atoms with Gasteiger partial charge in [-0.1, -0.05) is 0 Å². The van der Waals surface area contributed by atoms with E-state index in [1.165, 1.54) is 25.6 Å². The minimum Gasteiger partial charge on any atom is -0.475 e. The second-order valence-electron chi connectivity index (χ2n) is 8.94. The van der Waals surface area contributed by atoms with Crippen LogP contribution in [0.3, 0.4) is 0 Å². The Bertz CT molecular complexity index is 781. The molecule has 1 unspecified atom stereocenters. The highest BCUT2D eigenvalue weighted by molar-refractivity contribution is 5.92. The fraction of sp³-hybridized carbons (Fsp3) is 0.714. The quantitative estimate of drug-likeness (QED) is 0.724. The van der Waals surface area contributed by atoms with Gasteiger partial charge >= 0.3 is 12.1 Å². The van der Waals surface area contributed by atoms with Crippen LogP contribution in [0.1, 0.15) is 42.6 Å². The first-order chi connectivity index (χ1) is 15.1. The molecule has 1 aromatic heterocycles. The molecule has 3 heterocycles. The van der Waals surface area contributed by atoms with Gasteiger partial charge in [0.15, 0.2) is 0 Å². The number of halogens is 3. The summed E-state index contributed by atoms with van der Waals surface area (Å²) in [6.07, 6.45) is 4.03. The molecule has 1 amide bonds. The van der Waals surface area contributed by atoms with Crippen molar-refractivity contribution < 1.29 is 32.6 Å². The summed E-state index contributed by atoms with van der Waals surface area (Å²) >= 11 is 0. The molecule has 3 aliphatic rings. The Morgan fingerprint density at radius 3 is 2.44 bits per heavy atom. The topological polar surface area (TPSA) is 95.9 Å². The molecule has 1 spiro atoms. The zero-order valence-corrected chi connectivity index (χ0v) is 18.1. The maximum atomic E-state index is 12.5. The fourth-order valence-corrected chi connectivity index (χ4v) is 4.35. The Morgan fingerprint density at radius 2 is 1.91 bits per heavy atom. The lowest BCUT2D eigenvalue weighted by molar-refractivity contribution is -0.192. The van der Waals surface area contributed by atoms with E-state index in [9.17, 15) is 18.0 Å². The van der Waals surface area contributed by atoms with Gasteiger partial charge in [-0.05, 0) is 56.6 Å². The van der Waals surface area contributed by atoms with Crippen LogP contribution in [-0.4, -0.2) is 88.9 Å². The van der Waals surface area contributed by atoms with Crippen LogP contribution in [0.5, 0.6) is 0 Å². The first-order valence-corrected chi connectivity index (χ1v) is 10.7. The van der Waals surface area contributed by atoms with Gasteiger partial charge in [-0.15, -0.1) is 0 Å². The van der Waals surface area contributed by atoms with E-state index in [0.29, 0.717) is 17.2 Å². The summed E-state index contributed by atoms with van der Waals surface area (Å²) in [5.74, 6) is -1.89. The van der Waals surface area contributed by atoms with E-state index in [4.69, 9.17) is 14.6 Å². The fourth-order valence-electron chi connectivity index (χ4n) is 4.35. The predicted molar refractivity (Wildman–Crippen MR) is 108 cm³/mol. The van der Waals surface area contributed by atoms with Crippen molar-refractivity contribution in [1.29, 1.82) is 0 Å². The van der Waals surface area contributed by atoms with Gasteiger partial charge < -0.3 is 19.6 Å². The lowest BCUT2D eigenvalue weighted by Crippen LogP contribution is -2.44. The molecular formula is C21H29F3N4O4. The van der Waals surface area contributed by atoms with Crippen LogP contribution in [-0.2, 0) is 9.53 Å². The van der Waals surface area contributed by atoms with Gasteiger partial charge in [0.2, 0.25) is 0 Å².